The fourth-order valence-electron chi connectivity index (χ4n) is 3.06. The van der Waals surface area contributed by atoms with Gasteiger partial charge < -0.3 is 5.32 Å². The van der Waals surface area contributed by atoms with Crippen molar-refractivity contribution in [1.29, 1.82) is 0 Å². The number of nitrogens with one attached hydrogen (secondary N) is 1. The summed E-state index contributed by atoms with van der Waals surface area (Å²) >= 11 is 0. The summed E-state index contributed by atoms with van der Waals surface area (Å²) in [6.45, 7) is 1.82. The van der Waals surface area contributed by atoms with Crippen molar-refractivity contribution >= 4 is 28.1 Å². The minimum atomic E-state index is -0.316. The normalized spacial score (nSPS) is 11.1. The third kappa shape index (κ3) is 2.63. The molecule has 0 saturated heterocycles. The van der Waals surface area contributed by atoms with Crippen LogP contribution in [0.4, 0.5) is 5.69 Å². The molecule has 1 amide bonds. The number of nitrogens with zero attached hydrogens (tertiary/aromatic N) is 4. The van der Waals surface area contributed by atoms with Crippen LogP contribution < -0.4 is 11.0 Å². The van der Waals surface area contributed by atoms with Crippen molar-refractivity contribution < 1.29 is 4.79 Å². The number of amides is 1. The molecule has 0 unspecified atom stereocenters. The van der Waals surface area contributed by atoms with Crippen LogP contribution >= 0.6 is 0 Å². The Morgan fingerprint density at radius 3 is 2.54 bits per heavy atom. The molecule has 26 heavy (non-hydrogen) atoms. The number of anilines is 1. The first kappa shape index (κ1) is 16.0. The zero-order chi connectivity index (χ0) is 18.1. The number of rotatable bonds is 4. The van der Waals surface area contributed by atoms with Crippen LogP contribution in [0.3, 0.4) is 0 Å². The average molecular weight is 347 g/mol. The summed E-state index contributed by atoms with van der Waals surface area (Å²) in [4.78, 5) is 25.5. The molecule has 0 atom stereocenters. The highest BCUT2D eigenvalue weighted by molar-refractivity contribution is 5.94. The van der Waals surface area contributed by atoms with Crippen LogP contribution in [0.25, 0.3) is 16.6 Å². The predicted molar refractivity (Wildman–Crippen MR) is 99.2 cm³/mol. The van der Waals surface area contributed by atoms with Crippen molar-refractivity contribution in [2.24, 2.45) is 0 Å². The van der Waals surface area contributed by atoms with Gasteiger partial charge in [-0.25, -0.2) is 9.20 Å². The quantitative estimate of drug-likeness (QED) is 0.614. The molecule has 0 aliphatic rings. The fraction of sp³-hybridized carbons (Fsp3) is 0.158. The number of carbonyl (C=O) groups is 1. The Kier molecular flexibility index (Phi) is 3.96. The molecule has 4 aromatic rings. The first-order chi connectivity index (χ1) is 12.7. The van der Waals surface area contributed by atoms with Crippen LogP contribution in [0.2, 0.25) is 0 Å². The highest BCUT2D eigenvalue weighted by Crippen LogP contribution is 2.17. The van der Waals surface area contributed by atoms with Crippen molar-refractivity contribution in [3.8, 4) is 0 Å². The van der Waals surface area contributed by atoms with Gasteiger partial charge in [-0.05, 0) is 24.3 Å². The minimum absolute atomic E-state index is 0.0918. The van der Waals surface area contributed by atoms with Crippen molar-refractivity contribution in [2.75, 3.05) is 5.32 Å². The van der Waals surface area contributed by atoms with Gasteiger partial charge in [-0.2, -0.15) is 0 Å². The molecule has 0 spiro atoms. The first-order valence-electron chi connectivity index (χ1n) is 8.39. The molecule has 7 nitrogen and oxygen atoms in total. The maximum absolute atomic E-state index is 13.0. The lowest BCUT2D eigenvalue weighted by Crippen LogP contribution is -2.32. The van der Waals surface area contributed by atoms with Crippen LogP contribution in [0.1, 0.15) is 12.7 Å². The van der Waals surface area contributed by atoms with Crippen molar-refractivity contribution in [2.45, 2.75) is 19.9 Å². The molecule has 2 aromatic carbocycles. The Balaban J connectivity index is 1.84. The third-order valence-corrected chi connectivity index (χ3v) is 4.26. The van der Waals surface area contributed by atoms with Crippen molar-refractivity contribution in [3.63, 3.8) is 0 Å². The van der Waals surface area contributed by atoms with E-state index in [2.05, 4.69) is 15.5 Å². The molecule has 0 fully saturated rings. The number of fused-ring (bicyclic) bond motifs is 3. The van der Waals surface area contributed by atoms with Gasteiger partial charge in [0.25, 0.3) is 0 Å². The topological polar surface area (TPSA) is 81.3 Å². The first-order valence-corrected chi connectivity index (χ1v) is 8.39. The molecule has 0 radical (unpaired) electrons. The van der Waals surface area contributed by atoms with Crippen molar-refractivity contribution in [1.82, 2.24) is 19.2 Å². The summed E-state index contributed by atoms with van der Waals surface area (Å²) in [5, 5.41) is 11.9. The Hall–Kier alpha value is -3.48. The Labute approximate surface area is 148 Å². The molecular formula is C19H17N5O2. The summed E-state index contributed by atoms with van der Waals surface area (Å²) in [5.41, 5.74) is 1.55. The number of carbonyl (C=O) groups excluding carboxylic acids is 1. The number of benzene rings is 2. The highest BCUT2D eigenvalue weighted by Gasteiger charge is 2.17. The third-order valence-electron chi connectivity index (χ3n) is 4.26. The van der Waals surface area contributed by atoms with Gasteiger partial charge in [-0.15, -0.1) is 10.2 Å². The van der Waals surface area contributed by atoms with Crippen LogP contribution in [0, 0.1) is 0 Å². The SMILES string of the molecule is CCc1nnc2c3ccccc3n(CC(=O)Nc3ccccc3)c(=O)n12. The summed E-state index contributed by atoms with van der Waals surface area (Å²) in [6.07, 6.45) is 0.574. The van der Waals surface area contributed by atoms with E-state index in [1.54, 1.807) is 12.1 Å². The van der Waals surface area contributed by atoms with Gasteiger partial charge >= 0.3 is 5.69 Å². The van der Waals surface area contributed by atoms with E-state index < -0.39 is 0 Å². The predicted octanol–water partition coefficient (Wildman–Crippen LogP) is 2.25. The molecule has 2 heterocycles. The second-order valence-corrected chi connectivity index (χ2v) is 5.93. The Bertz CT molecular complexity index is 1160. The summed E-state index contributed by atoms with van der Waals surface area (Å²) in [6, 6.07) is 16.6. The number of aryl methyl sites for hydroxylation is 1. The van der Waals surface area contributed by atoms with Gasteiger partial charge in [0.05, 0.1) is 5.52 Å². The van der Waals surface area contributed by atoms with E-state index in [0.29, 0.717) is 29.1 Å². The lowest BCUT2D eigenvalue weighted by atomic mass is 10.2. The molecule has 130 valence electrons. The highest BCUT2D eigenvalue weighted by atomic mass is 16.2. The zero-order valence-electron chi connectivity index (χ0n) is 14.2. The van der Waals surface area contributed by atoms with Crippen molar-refractivity contribution in [3.05, 3.63) is 70.9 Å². The fourth-order valence-corrected chi connectivity index (χ4v) is 3.06. The smallest absolute Gasteiger partial charge is 0.325 e. The van der Waals surface area contributed by atoms with E-state index in [9.17, 15) is 9.59 Å². The van der Waals surface area contributed by atoms with Gasteiger partial charge in [0, 0.05) is 17.5 Å². The lowest BCUT2D eigenvalue weighted by Gasteiger charge is -2.12. The van der Waals surface area contributed by atoms with E-state index >= 15 is 0 Å². The molecule has 1 N–H and O–H groups in total. The molecule has 0 aliphatic heterocycles. The maximum atomic E-state index is 13.0. The van der Waals surface area contributed by atoms with E-state index in [1.807, 2.05) is 49.4 Å². The Morgan fingerprint density at radius 1 is 1.04 bits per heavy atom. The van der Waals surface area contributed by atoms with E-state index in [0.717, 1.165) is 5.39 Å². The monoisotopic (exact) mass is 347 g/mol. The van der Waals surface area contributed by atoms with Gasteiger partial charge in [0.15, 0.2) is 5.65 Å². The summed E-state index contributed by atoms with van der Waals surface area (Å²) in [5.74, 6) is 0.307. The molecular weight excluding hydrogens is 330 g/mol. The molecule has 4 rings (SSSR count). The van der Waals surface area contributed by atoms with E-state index in [4.69, 9.17) is 0 Å². The van der Waals surface area contributed by atoms with E-state index in [1.165, 1.54) is 8.97 Å². The van der Waals surface area contributed by atoms with Gasteiger partial charge in [-0.1, -0.05) is 37.3 Å². The van der Waals surface area contributed by atoms with E-state index in [-0.39, 0.29) is 18.1 Å². The van der Waals surface area contributed by atoms with Crippen LogP contribution in [0.5, 0.6) is 0 Å². The molecule has 2 aromatic heterocycles. The number of para-hydroxylation sites is 2. The average Bonchev–Trinajstić information content (AvgIpc) is 3.10. The Morgan fingerprint density at radius 2 is 1.77 bits per heavy atom. The lowest BCUT2D eigenvalue weighted by molar-refractivity contribution is -0.116. The molecule has 0 bridgehead atoms. The standard InChI is InChI=1S/C19H17N5O2/c1-2-16-21-22-18-14-10-6-7-11-15(14)23(19(26)24(16)18)12-17(25)20-13-8-4-3-5-9-13/h3-11H,2,12H2,1H3,(H,20,25). The van der Waals surface area contributed by atoms with Gasteiger partial charge in [0.2, 0.25) is 5.91 Å². The van der Waals surface area contributed by atoms with Gasteiger partial charge in [0.1, 0.15) is 12.4 Å². The van der Waals surface area contributed by atoms with Crippen LogP contribution in [-0.2, 0) is 17.8 Å². The summed E-state index contributed by atoms with van der Waals surface area (Å²) in [7, 11) is 0. The minimum Gasteiger partial charge on any atom is -0.325 e. The number of aromatic nitrogens is 4. The van der Waals surface area contributed by atoms with Gasteiger partial charge in [-0.3, -0.25) is 9.36 Å². The molecule has 0 saturated carbocycles. The zero-order valence-corrected chi connectivity index (χ0v) is 14.2. The van der Waals surface area contributed by atoms with Crippen LogP contribution in [-0.4, -0.2) is 25.1 Å². The second-order valence-electron chi connectivity index (χ2n) is 5.93. The second kappa shape index (κ2) is 6.44. The summed E-state index contributed by atoms with van der Waals surface area (Å²) < 4.78 is 2.95. The molecule has 7 heteroatoms. The molecule has 0 aliphatic carbocycles. The largest absolute Gasteiger partial charge is 0.336 e. The maximum Gasteiger partial charge on any atom is 0.336 e. The van der Waals surface area contributed by atoms with Crippen LogP contribution in [0.15, 0.2) is 59.4 Å². The number of hydrogen-bond acceptors (Lipinski definition) is 4. The number of hydrogen-bond donors (Lipinski definition) is 1.